The van der Waals surface area contributed by atoms with Gasteiger partial charge in [0.25, 0.3) is 0 Å². The second kappa shape index (κ2) is 6.41. The Morgan fingerprint density at radius 1 is 1.32 bits per heavy atom. The van der Waals surface area contributed by atoms with Crippen LogP contribution in [0.3, 0.4) is 0 Å². The maximum absolute atomic E-state index is 12.2. The lowest BCUT2D eigenvalue weighted by molar-refractivity contribution is 0.641. The third-order valence-electron chi connectivity index (χ3n) is 3.17. The number of nitrogens with one attached hydrogen (secondary N) is 1. The van der Waals surface area contributed by atoms with E-state index in [1.54, 1.807) is 6.20 Å². The molecule has 2 heterocycles. The van der Waals surface area contributed by atoms with E-state index in [4.69, 9.17) is 0 Å². The maximum Gasteiger partial charge on any atom is 0.146 e. The van der Waals surface area contributed by atoms with Crippen molar-refractivity contribution in [1.29, 1.82) is 0 Å². The van der Waals surface area contributed by atoms with Crippen molar-refractivity contribution in [1.82, 2.24) is 15.3 Å². The second-order valence-corrected chi connectivity index (χ2v) is 5.95. The van der Waals surface area contributed by atoms with Crippen LogP contribution in [-0.2, 0) is 10.8 Å². The van der Waals surface area contributed by atoms with E-state index in [2.05, 4.69) is 15.3 Å². The van der Waals surface area contributed by atoms with Gasteiger partial charge in [0.1, 0.15) is 5.03 Å². The van der Waals surface area contributed by atoms with E-state index in [0.29, 0.717) is 16.8 Å². The predicted octanol–water partition coefficient (Wildman–Crippen LogP) is 1.91. The summed E-state index contributed by atoms with van der Waals surface area (Å²) in [6, 6.07) is 8.02. The van der Waals surface area contributed by atoms with Gasteiger partial charge < -0.3 is 5.32 Å². The van der Waals surface area contributed by atoms with Crippen molar-refractivity contribution in [2.45, 2.75) is 23.9 Å². The van der Waals surface area contributed by atoms with Crippen LogP contribution in [-0.4, -0.2) is 32.5 Å². The Labute approximate surface area is 120 Å². The van der Waals surface area contributed by atoms with Gasteiger partial charge in [0.2, 0.25) is 0 Å². The number of para-hydroxylation sites is 2. The normalized spacial score (nSPS) is 20.1. The topological polar surface area (TPSA) is 54.9 Å². The van der Waals surface area contributed by atoms with Gasteiger partial charge in [0, 0.05) is 11.8 Å². The molecular weight excluding hydrogens is 282 g/mol. The van der Waals surface area contributed by atoms with Crippen LogP contribution in [0.5, 0.6) is 0 Å². The van der Waals surface area contributed by atoms with E-state index in [9.17, 15) is 4.21 Å². The van der Waals surface area contributed by atoms with Gasteiger partial charge in [-0.3, -0.25) is 9.19 Å². The predicted molar refractivity (Wildman–Crippen MR) is 79.1 cm³/mol. The van der Waals surface area contributed by atoms with Crippen molar-refractivity contribution in [2.24, 2.45) is 0 Å². The van der Waals surface area contributed by atoms with Crippen molar-refractivity contribution in [3.63, 3.8) is 0 Å². The fourth-order valence-corrected chi connectivity index (χ4v) is 3.41. The van der Waals surface area contributed by atoms with Gasteiger partial charge >= 0.3 is 0 Å². The minimum absolute atomic E-state index is 0. The lowest BCUT2D eigenvalue weighted by Crippen LogP contribution is -2.27. The van der Waals surface area contributed by atoms with Gasteiger partial charge in [-0.2, -0.15) is 0 Å². The third-order valence-corrected chi connectivity index (χ3v) is 4.54. The van der Waals surface area contributed by atoms with Crippen LogP contribution in [0, 0.1) is 0 Å². The van der Waals surface area contributed by atoms with Crippen LogP contribution >= 0.6 is 12.4 Å². The minimum atomic E-state index is -1.07. The number of halogens is 1. The van der Waals surface area contributed by atoms with Crippen molar-refractivity contribution in [2.75, 3.05) is 12.3 Å². The molecule has 1 N–H and O–H groups in total. The highest BCUT2D eigenvalue weighted by molar-refractivity contribution is 7.85. The average molecular weight is 298 g/mol. The Kier molecular flexibility index (Phi) is 4.85. The zero-order valence-electron chi connectivity index (χ0n) is 10.4. The zero-order chi connectivity index (χ0) is 12.4. The zero-order valence-corrected chi connectivity index (χ0v) is 12.0. The van der Waals surface area contributed by atoms with E-state index >= 15 is 0 Å². The summed E-state index contributed by atoms with van der Waals surface area (Å²) in [5.74, 6) is 0.632. The maximum atomic E-state index is 12.2. The molecule has 2 aromatic rings. The molecule has 0 spiro atoms. The van der Waals surface area contributed by atoms with Crippen LogP contribution in [0.1, 0.15) is 12.8 Å². The highest BCUT2D eigenvalue weighted by Crippen LogP contribution is 2.13. The third kappa shape index (κ3) is 3.29. The van der Waals surface area contributed by atoms with Crippen LogP contribution in [0.25, 0.3) is 11.0 Å². The molecule has 102 valence electrons. The Morgan fingerprint density at radius 3 is 2.84 bits per heavy atom. The minimum Gasteiger partial charge on any atom is -0.313 e. The molecule has 1 aromatic heterocycles. The Hall–Kier alpha value is -1.04. The molecule has 1 fully saturated rings. The Morgan fingerprint density at radius 2 is 2.11 bits per heavy atom. The molecule has 0 saturated carbocycles. The van der Waals surface area contributed by atoms with Crippen molar-refractivity contribution >= 4 is 34.2 Å². The molecule has 0 aliphatic carbocycles. The lowest BCUT2D eigenvalue weighted by atomic mass is 10.3. The first-order valence-corrected chi connectivity index (χ1v) is 7.48. The van der Waals surface area contributed by atoms with Crippen LogP contribution in [0.15, 0.2) is 35.5 Å². The highest BCUT2D eigenvalue weighted by atomic mass is 35.5. The quantitative estimate of drug-likeness (QED) is 0.940. The summed E-state index contributed by atoms with van der Waals surface area (Å²) < 4.78 is 12.2. The van der Waals surface area contributed by atoms with E-state index < -0.39 is 10.8 Å². The second-order valence-electron chi connectivity index (χ2n) is 4.50. The van der Waals surface area contributed by atoms with Gasteiger partial charge in [0.15, 0.2) is 0 Å². The molecule has 3 rings (SSSR count). The molecule has 1 aromatic carbocycles. The first-order chi connectivity index (χ1) is 8.83. The number of aromatic nitrogens is 2. The summed E-state index contributed by atoms with van der Waals surface area (Å²) in [6.07, 6.45) is 3.91. The molecule has 1 aliphatic heterocycles. The molecule has 4 nitrogen and oxygen atoms in total. The molecule has 19 heavy (non-hydrogen) atoms. The smallest absolute Gasteiger partial charge is 0.146 e. The van der Waals surface area contributed by atoms with Gasteiger partial charge in [0.05, 0.1) is 28.0 Å². The number of hydrogen-bond donors (Lipinski definition) is 1. The first-order valence-electron chi connectivity index (χ1n) is 6.16. The van der Waals surface area contributed by atoms with Crippen molar-refractivity contribution in [3.05, 3.63) is 30.5 Å². The average Bonchev–Trinajstić information content (AvgIpc) is 2.91. The number of hydrogen-bond acceptors (Lipinski definition) is 4. The molecular formula is C13H16ClN3OS. The number of rotatable bonds is 3. The molecule has 1 aliphatic rings. The van der Waals surface area contributed by atoms with Gasteiger partial charge in [-0.05, 0) is 31.5 Å². The molecule has 2 atom stereocenters. The van der Waals surface area contributed by atoms with Gasteiger partial charge in [-0.25, -0.2) is 4.98 Å². The van der Waals surface area contributed by atoms with Crippen LogP contribution in [0.2, 0.25) is 0 Å². The number of fused-ring (bicyclic) bond motifs is 1. The van der Waals surface area contributed by atoms with E-state index in [1.807, 2.05) is 24.3 Å². The van der Waals surface area contributed by atoms with E-state index in [-0.39, 0.29) is 12.4 Å². The van der Waals surface area contributed by atoms with Gasteiger partial charge in [-0.1, -0.05) is 12.1 Å². The molecule has 6 heteroatoms. The molecule has 0 radical (unpaired) electrons. The summed E-state index contributed by atoms with van der Waals surface area (Å²) in [7, 11) is -1.07. The largest absolute Gasteiger partial charge is 0.313 e. The molecule has 0 amide bonds. The molecule has 1 saturated heterocycles. The summed E-state index contributed by atoms with van der Waals surface area (Å²) in [5.41, 5.74) is 1.65. The Balaban J connectivity index is 0.00000133. The summed E-state index contributed by atoms with van der Waals surface area (Å²) in [4.78, 5) is 8.73. The Bertz CT molecular complexity index is 587. The molecule has 0 bridgehead atoms. The number of nitrogens with zero attached hydrogens (tertiary/aromatic N) is 2. The fourth-order valence-electron chi connectivity index (χ4n) is 2.22. The van der Waals surface area contributed by atoms with Crippen LogP contribution in [0.4, 0.5) is 0 Å². The summed E-state index contributed by atoms with van der Waals surface area (Å²) in [6.45, 7) is 1.03. The lowest BCUT2D eigenvalue weighted by Gasteiger charge is -2.09. The number of benzene rings is 1. The van der Waals surface area contributed by atoms with Crippen molar-refractivity contribution < 1.29 is 4.21 Å². The van der Waals surface area contributed by atoms with E-state index in [0.717, 1.165) is 24.0 Å². The van der Waals surface area contributed by atoms with Gasteiger partial charge in [-0.15, -0.1) is 12.4 Å². The summed E-state index contributed by atoms with van der Waals surface area (Å²) >= 11 is 0. The SMILES string of the molecule is Cl.O=S(CC1CCCN1)c1cnc2ccccc2n1. The monoisotopic (exact) mass is 297 g/mol. The first kappa shape index (κ1) is 14.4. The standard InChI is InChI=1S/C13H15N3OS.ClH/c17-18(9-10-4-3-7-14-10)13-8-15-11-5-1-2-6-12(11)16-13;/h1-2,5-6,8,10,14H,3-4,7,9H2;1H. The van der Waals surface area contributed by atoms with Crippen molar-refractivity contribution in [3.8, 4) is 0 Å². The summed E-state index contributed by atoms with van der Waals surface area (Å²) in [5, 5.41) is 3.94. The van der Waals surface area contributed by atoms with Crippen LogP contribution < -0.4 is 5.32 Å². The molecule has 2 unspecified atom stereocenters. The van der Waals surface area contributed by atoms with E-state index in [1.165, 1.54) is 6.42 Å². The highest BCUT2D eigenvalue weighted by Gasteiger charge is 2.18. The fraction of sp³-hybridized carbons (Fsp3) is 0.385.